The van der Waals surface area contributed by atoms with Crippen molar-refractivity contribution in [1.29, 1.82) is 0 Å². The number of amides is 2. The maximum Gasteiger partial charge on any atom is 0.417 e. The zero-order valence-electron chi connectivity index (χ0n) is 22.9. The first kappa shape index (κ1) is 30.4. The molecular formula is C31H25Cl2F4N3O4. The van der Waals surface area contributed by atoms with Crippen LogP contribution in [0.15, 0.2) is 72.1 Å². The Labute approximate surface area is 259 Å². The zero-order chi connectivity index (χ0) is 31.7. The van der Waals surface area contributed by atoms with Gasteiger partial charge in [-0.05, 0) is 61.2 Å². The lowest BCUT2D eigenvalue weighted by molar-refractivity contribution is -0.138. The zero-order valence-corrected chi connectivity index (χ0v) is 24.4. The van der Waals surface area contributed by atoms with E-state index in [0.717, 1.165) is 36.0 Å². The second-order valence-electron chi connectivity index (χ2n) is 11.4. The van der Waals surface area contributed by atoms with E-state index in [1.807, 2.05) is 4.90 Å². The minimum absolute atomic E-state index is 0.121. The maximum atomic E-state index is 16.6. The molecule has 230 valence electrons. The van der Waals surface area contributed by atoms with E-state index in [0.29, 0.717) is 28.9 Å². The van der Waals surface area contributed by atoms with Gasteiger partial charge in [-0.2, -0.15) is 13.2 Å². The Morgan fingerprint density at radius 2 is 1.91 bits per heavy atom. The van der Waals surface area contributed by atoms with Crippen LogP contribution in [0.4, 0.5) is 28.9 Å². The monoisotopic (exact) mass is 649 g/mol. The molecule has 3 aliphatic heterocycles. The van der Waals surface area contributed by atoms with Crippen molar-refractivity contribution in [1.82, 2.24) is 4.90 Å². The van der Waals surface area contributed by atoms with Gasteiger partial charge in [0, 0.05) is 46.1 Å². The van der Waals surface area contributed by atoms with Crippen molar-refractivity contribution in [3.8, 4) is 0 Å². The number of nitrogens with zero attached hydrogens (tertiary/aromatic N) is 2. The third kappa shape index (κ3) is 4.81. The number of fused-ring (bicyclic) bond motifs is 3. The normalized spacial score (nSPS) is 26.9. The minimum atomic E-state index is -5.01. The number of carbonyl (C=O) groups is 3. The lowest BCUT2D eigenvalue weighted by Gasteiger charge is -2.40. The third-order valence-electron chi connectivity index (χ3n) is 8.82. The van der Waals surface area contributed by atoms with Crippen LogP contribution in [0.25, 0.3) is 0 Å². The molecule has 7 nitrogen and oxygen atoms in total. The van der Waals surface area contributed by atoms with E-state index < -0.39 is 64.3 Å². The summed E-state index contributed by atoms with van der Waals surface area (Å²) in [5, 5.41) is 12.6. The minimum Gasteiger partial charge on any atom is -0.478 e. The van der Waals surface area contributed by atoms with Crippen molar-refractivity contribution >= 4 is 52.4 Å². The quantitative estimate of drug-likeness (QED) is 0.256. The molecule has 2 aromatic carbocycles. The number of aromatic carboxylic acids is 1. The summed E-state index contributed by atoms with van der Waals surface area (Å²) in [6.07, 6.45) is 0.490. The van der Waals surface area contributed by atoms with Gasteiger partial charge in [0.05, 0.1) is 23.0 Å². The van der Waals surface area contributed by atoms with Crippen LogP contribution in [0, 0.1) is 17.8 Å². The first-order chi connectivity index (χ1) is 20.7. The predicted octanol–water partition coefficient (Wildman–Crippen LogP) is 6.74. The molecule has 0 unspecified atom stereocenters. The number of hydrogen-bond donors (Lipinski definition) is 2. The summed E-state index contributed by atoms with van der Waals surface area (Å²) in [5.41, 5.74) is -3.35. The molecule has 0 radical (unpaired) electrons. The highest BCUT2D eigenvalue weighted by atomic mass is 35.5. The second-order valence-corrected chi connectivity index (χ2v) is 12.3. The van der Waals surface area contributed by atoms with Gasteiger partial charge in [-0.25, -0.2) is 9.18 Å². The highest BCUT2D eigenvalue weighted by molar-refractivity contribution is 6.31. The summed E-state index contributed by atoms with van der Waals surface area (Å²) in [4.78, 5) is 42.8. The molecule has 0 bridgehead atoms. The van der Waals surface area contributed by atoms with Crippen molar-refractivity contribution < 1.29 is 37.1 Å². The Balaban J connectivity index is 1.51. The van der Waals surface area contributed by atoms with Gasteiger partial charge in [-0.1, -0.05) is 41.9 Å². The Kier molecular flexibility index (Phi) is 7.41. The first-order valence-corrected chi connectivity index (χ1v) is 14.5. The molecule has 2 aromatic rings. The van der Waals surface area contributed by atoms with Crippen LogP contribution in [0.3, 0.4) is 0 Å². The molecule has 1 spiro atoms. The highest BCUT2D eigenvalue weighted by Gasteiger charge is 2.71. The van der Waals surface area contributed by atoms with Crippen molar-refractivity contribution in [2.75, 3.05) is 23.3 Å². The van der Waals surface area contributed by atoms with E-state index >= 15 is 4.39 Å². The van der Waals surface area contributed by atoms with Crippen LogP contribution in [0.2, 0.25) is 5.02 Å². The topological polar surface area (TPSA) is 90.0 Å². The predicted molar refractivity (Wildman–Crippen MR) is 156 cm³/mol. The number of nitrogens with one attached hydrogen (secondary N) is 1. The second kappa shape index (κ2) is 10.7. The van der Waals surface area contributed by atoms with Gasteiger partial charge in [0.1, 0.15) is 11.4 Å². The molecular weight excluding hydrogens is 625 g/mol. The highest BCUT2D eigenvalue weighted by Crippen LogP contribution is 2.61. The number of benzene rings is 2. The number of halogens is 6. The van der Waals surface area contributed by atoms with E-state index in [2.05, 4.69) is 11.9 Å². The number of anilines is 2. The lowest BCUT2D eigenvalue weighted by atomic mass is 9.74. The molecule has 3 heterocycles. The lowest BCUT2D eigenvalue weighted by Crippen LogP contribution is -2.55. The molecule has 2 saturated heterocycles. The number of alkyl halides is 3. The van der Waals surface area contributed by atoms with E-state index in [9.17, 15) is 32.7 Å². The molecule has 3 fully saturated rings. The number of carboxylic acid groups (broad SMARTS) is 1. The van der Waals surface area contributed by atoms with Crippen LogP contribution in [-0.2, 0) is 21.3 Å². The summed E-state index contributed by atoms with van der Waals surface area (Å²) in [6.45, 7) is 3.74. The van der Waals surface area contributed by atoms with Crippen molar-refractivity contribution in [3.63, 3.8) is 0 Å². The molecule has 2 N–H and O–H groups in total. The van der Waals surface area contributed by atoms with Crippen LogP contribution >= 0.6 is 23.2 Å². The van der Waals surface area contributed by atoms with Crippen molar-refractivity contribution in [2.24, 2.45) is 17.8 Å². The fourth-order valence-corrected chi connectivity index (χ4v) is 7.15. The van der Waals surface area contributed by atoms with Gasteiger partial charge < -0.3 is 15.3 Å². The molecule has 1 aliphatic carbocycles. The average Bonchev–Trinajstić information content (AvgIpc) is 3.56. The van der Waals surface area contributed by atoms with Crippen molar-refractivity contribution in [3.05, 3.63) is 93.8 Å². The summed E-state index contributed by atoms with van der Waals surface area (Å²) in [6, 6.07) is 6.57. The average molecular weight is 650 g/mol. The summed E-state index contributed by atoms with van der Waals surface area (Å²) >= 11 is 12.0. The van der Waals surface area contributed by atoms with Gasteiger partial charge in [0.25, 0.3) is 0 Å². The fourth-order valence-electron chi connectivity index (χ4n) is 6.91. The smallest absolute Gasteiger partial charge is 0.417 e. The van der Waals surface area contributed by atoms with E-state index in [1.165, 1.54) is 12.2 Å². The number of hydrogen-bond acceptors (Lipinski definition) is 4. The Hall–Kier alpha value is -3.67. The molecule has 4 atom stereocenters. The Bertz CT molecular complexity index is 1670. The first-order valence-electron chi connectivity index (χ1n) is 13.8. The number of allylic oxidation sites excluding steroid dienone is 4. The SMILES string of the molecule is C=C(Cl)/C=C\C=C(/F)[C@H]1[C@@H]2C(=O)N(c3ccc(C(=O)O)c(C(F)(F)F)c3)C[C@@H]2N(CC2CC2)[C@@]12C(=O)Nc1cc(Cl)ccc12. The van der Waals surface area contributed by atoms with Gasteiger partial charge in [-0.15, -0.1) is 0 Å². The fraction of sp³-hybridized carbons (Fsp3) is 0.323. The van der Waals surface area contributed by atoms with Crippen LogP contribution in [-0.4, -0.2) is 46.9 Å². The van der Waals surface area contributed by atoms with Crippen LogP contribution < -0.4 is 10.2 Å². The maximum absolute atomic E-state index is 16.6. The molecule has 4 aliphatic rings. The number of carbonyl (C=O) groups excluding carboxylic acids is 2. The molecule has 6 rings (SSSR count). The molecule has 13 heteroatoms. The standard InChI is InChI=1S/C31H25Cl2F4N3O4/c1-15(32)3-2-4-22(34)26-25-24(14-39(27(25)41)18-8-9-19(28(42)43)21(12-18)31(35,36)37)40(13-16-5-6-16)30(26)20-10-7-17(33)11-23(20)38-29(30)44/h2-4,7-12,16,24-26H,1,5-6,13-14H2,(H,38,44)(H,42,43)/b3-2-,22-4-/t24-,25+,26-,30+/m0/s1. The van der Waals surface area contributed by atoms with Gasteiger partial charge >= 0.3 is 12.1 Å². The Morgan fingerprint density at radius 1 is 1.18 bits per heavy atom. The molecule has 0 aromatic heterocycles. The molecule has 1 saturated carbocycles. The van der Waals surface area contributed by atoms with E-state index in [4.69, 9.17) is 23.2 Å². The largest absolute Gasteiger partial charge is 0.478 e. The summed E-state index contributed by atoms with van der Waals surface area (Å²) in [5.74, 6) is -6.13. The molecule has 44 heavy (non-hydrogen) atoms. The van der Waals surface area contributed by atoms with Crippen molar-refractivity contribution in [2.45, 2.75) is 30.6 Å². The van der Waals surface area contributed by atoms with E-state index in [1.54, 1.807) is 18.2 Å². The van der Waals surface area contributed by atoms with Gasteiger partial charge in [0.2, 0.25) is 11.8 Å². The van der Waals surface area contributed by atoms with Gasteiger partial charge in [0.15, 0.2) is 0 Å². The number of carboxylic acids is 1. The summed E-state index contributed by atoms with van der Waals surface area (Å²) in [7, 11) is 0. The molecule has 2 amide bonds. The third-order valence-corrected chi connectivity index (χ3v) is 9.18. The Morgan fingerprint density at radius 3 is 2.55 bits per heavy atom. The number of likely N-dealkylation sites (tertiary alicyclic amines) is 1. The van der Waals surface area contributed by atoms with Gasteiger partial charge in [-0.3, -0.25) is 14.5 Å². The number of rotatable bonds is 7. The van der Waals surface area contributed by atoms with E-state index in [-0.39, 0.29) is 23.2 Å². The van der Waals surface area contributed by atoms with Crippen LogP contribution in [0.1, 0.15) is 34.3 Å². The van der Waals surface area contributed by atoms with Crippen LogP contribution in [0.5, 0.6) is 0 Å². The summed E-state index contributed by atoms with van der Waals surface area (Å²) < 4.78 is 58.1.